The molecule has 0 aromatic carbocycles. The third kappa shape index (κ3) is 11.8. The van der Waals surface area contributed by atoms with Crippen molar-refractivity contribution in [2.45, 2.75) is 159 Å². The lowest BCUT2D eigenvalue weighted by atomic mass is 9.88. The van der Waals surface area contributed by atoms with E-state index in [1.807, 2.05) is 46.8 Å². The van der Waals surface area contributed by atoms with E-state index in [1.165, 1.54) is 0 Å². The molecule has 0 saturated carbocycles. The number of methoxy groups -OCH3 is 1. The Morgan fingerprint density at radius 1 is 1.12 bits per heavy atom. The van der Waals surface area contributed by atoms with Crippen LogP contribution in [0.15, 0.2) is 36.0 Å². The first kappa shape index (κ1) is 42.4. The SMILES string of the molecule is CCC(O)C(C)C1OC1CC(C)(O)C=CC=C(C)C1OC(=O)CC(O)CCC(C)(OC)C(OC(=O)N2CCC(N3CCC(O)CC3)CC2)C=CC1C. The molecule has 12 nitrogen and oxygen atoms in total. The number of allylic oxidation sites excluding steroid dienone is 2. The van der Waals surface area contributed by atoms with Crippen LogP contribution in [0, 0.1) is 11.8 Å². The average Bonchev–Trinajstić information content (AvgIpc) is 3.88. The molecule has 0 spiro atoms. The van der Waals surface area contributed by atoms with Crippen LogP contribution in [-0.4, -0.2) is 136 Å². The predicted molar refractivity (Wildman–Crippen MR) is 197 cm³/mol. The highest BCUT2D eigenvalue weighted by Crippen LogP contribution is 2.38. The van der Waals surface area contributed by atoms with Gasteiger partial charge in [0.1, 0.15) is 11.7 Å². The molecule has 0 aliphatic carbocycles. The van der Waals surface area contributed by atoms with Crippen LogP contribution < -0.4 is 0 Å². The standard InChI is InChI=1S/C40H66N2O10/c1-8-32(45)28(4)37-33(50-37)25-39(5,48)18-9-10-26(2)36-27(3)11-12-34(40(6,49-7)19-13-31(44)24-35(46)52-36)51-38(47)42-20-14-29(15-21-42)41-22-16-30(43)17-23-41/h9-12,18,27-34,36-37,43-45,48H,8,13-17,19-25H2,1-7H3. The van der Waals surface area contributed by atoms with Gasteiger partial charge < -0.3 is 49.2 Å². The molecule has 4 rings (SSSR count). The normalized spacial score (nSPS) is 34.6. The highest BCUT2D eigenvalue weighted by molar-refractivity contribution is 5.70. The Labute approximate surface area is 310 Å². The molecule has 0 aromatic heterocycles. The van der Waals surface area contributed by atoms with E-state index in [9.17, 15) is 30.0 Å². The molecule has 4 aliphatic rings. The highest BCUT2D eigenvalue weighted by atomic mass is 16.6. The van der Waals surface area contributed by atoms with Gasteiger partial charge in [0, 0.05) is 57.6 Å². The summed E-state index contributed by atoms with van der Waals surface area (Å²) in [5, 5.41) is 42.0. The smallest absolute Gasteiger partial charge is 0.410 e. The Morgan fingerprint density at radius 2 is 1.79 bits per heavy atom. The van der Waals surface area contributed by atoms with Gasteiger partial charge in [-0.05, 0) is 77.4 Å². The Morgan fingerprint density at radius 3 is 2.42 bits per heavy atom. The molecule has 4 heterocycles. The van der Waals surface area contributed by atoms with Gasteiger partial charge in [0.25, 0.3) is 0 Å². The zero-order valence-corrected chi connectivity index (χ0v) is 32.5. The highest BCUT2D eigenvalue weighted by Gasteiger charge is 2.47. The molecular formula is C40H66N2O10. The molecule has 12 heteroatoms. The molecule has 3 fully saturated rings. The molecule has 10 unspecified atom stereocenters. The van der Waals surface area contributed by atoms with Gasteiger partial charge in [-0.2, -0.15) is 0 Å². The summed E-state index contributed by atoms with van der Waals surface area (Å²) >= 11 is 0. The van der Waals surface area contributed by atoms with Crippen LogP contribution in [0.4, 0.5) is 4.79 Å². The van der Waals surface area contributed by atoms with Crippen LogP contribution >= 0.6 is 0 Å². The van der Waals surface area contributed by atoms with E-state index in [0.29, 0.717) is 38.4 Å². The number of aliphatic hydroxyl groups excluding tert-OH is 3. The first-order valence-corrected chi connectivity index (χ1v) is 19.5. The van der Waals surface area contributed by atoms with E-state index in [0.717, 1.165) is 44.3 Å². The molecule has 0 aromatic rings. The second-order valence-corrected chi connectivity index (χ2v) is 16.2. The van der Waals surface area contributed by atoms with E-state index in [-0.39, 0.29) is 43.0 Å². The van der Waals surface area contributed by atoms with Crippen molar-refractivity contribution in [1.82, 2.24) is 9.80 Å². The Balaban J connectivity index is 1.44. The summed E-state index contributed by atoms with van der Waals surface area (Å²) in [5.74, 6) is -0.864. The lowest BCUT2D eigenvalue weighted by molar-refractivity contribution is -0.151. The number of cyclic esters (lactones) is 1. The maximum atomic E-state index is 13.6. The maximum absolute atomic E-state index is 13.6. The number of epoxide rings is 1. The summed E-state index contributed by atoms with van der Waals surface area (Å²) in [6.45, 7) is 14.1. The van der Waals surface area contributed by atoms with Crippen molar-refractivity contribution in [3.63, 3.8) is 0 Å². The molecule has 52 heavy (non-hydrogen) atoms. The van der Waals surface area contributed by atoms with Gasteiger partial charge in [-0.15, -0.1) is 0 Å². The largest absolute Gasteiger partial charge is 0.457 e. The first-order chi connectivity index (χ1) is 24.6. The van der Waals surface area contributed by atoms with Gasteiger partial charge in [-0.1, -0.05) is 45.1 Å². The van der Waals surface area contributed by atoms with Crippen molar-refractivity contribution < 1.29 is 49.0 Å². The van der Waals surface area contributed by atoms with Crippen LogP contribution in [0.25, 0.3) is 0 Å². The van der Waals surface area contributed by atoms with E-state index in [2.05, 4.69) is 4.90 Å². The van der Waals surface area contributed by atoms with Crippen molar-refractivity contribution in [3.05, 3.63) is 36.0 Å². The zero-order chi connectivity index (χ0) is 38.2. The van der Waals surface area contributed by atoms with Crippen molar-refractivity contribution in [2.75, 3.05) is 33.3 Å². The molecule has 4 aliphatic heterocycles. The number of carbonyl (C=O) groups excluding carboxylic acids is 2. The minimum Gasteiger partial charge on any atom is -0.457 e. The summed E-state index contributed by atoms with van der Waals surface area (Å²) in [5.41, 5.74) is -1.38. The number of hydrogen-bond donors (Lipinski definition) is 4. The number of nitrogens with zero attached hydrogens (tertiary/aromatic N) is 2. The van der Waals surface area contributed by atoms with Crippen LogP contribution in [0.2, 0.25) is 0 Å². The molecule has 10 atom stereocenters. The second-order valence-electron chi connectivity index (χ2n) is 16.2. The fourth-order valence-electron chi connectivity index (χ4n) is 7.86. The summed E-state index contributed by atoms with van der Waals surface area (Å²) < 4.78 is 23.8. The van der Waals surface area contributed by atoms with Gasteiger partial charge in [-0.3, -0.25) is 4.79 Å². The Bertz CT molecular complexity index is 1250. The van der Waals surface area contributed by atoms with Gasteiger partial charge in [-0.25, -0.2) is 4.79 Å². The Hall–Kier alpha value is -2.32. The van der Waals surface area contributed by atoms with E-state index in [4.69, 9.17) is 18.9 Å². The van der Waals surface area contributed by atoms with Gasteiger partial charge in [0.15, 0.2) is 6.10 Å². The molecule has 4 N–H and O–H groups in total. The molecule has 1 amide bonds. The quantitative estimate of drug-likeness (QED) is 0.104. The molecule has 0 radical (unpaired) electrons. The van der Waals surface area contributed by atoms with Gasteiger partial charge in [0.05, 0.1) is 42.5 Å². The van der Waals surface area contributed by atoms with Crippen molar-refractivity contribution >= 4 is 12.1 Å². The fraction of sp³-hybridized carbons (Fsp3) is 0.800. The van der Waals surface area contributed by atoms with Gasteiger partial charge >= 0.3 is 12.1 Å². The minimum absolute atomic E-state index is 0.00951. The number of likely N-dealkylation sites (tertiary alicyclic amines) is 2. The zero-order valence-electron chi connectivity index (χ0n) is 32.5. The Kier molecular flexibility index (Phi) is 15.4. The number of aliphatic hydroxyl groups is 4. The third-order valence-corrected chi connectivity index (χ3v) is 11.8. The van der Waals surface area contributed by atoms with Crippen LogP contribution in [0.3, 0.4) is 0 Å². The first-order valence-electron chi connectivity index (χ1n) is 19.5. The average molecular weight is 735 g/mol. The number of ether oxygens (including phenoxy) is 4. The van der Waals surface area contributed by atoms with Crippen molar-refractivity contribution in [2.24, 2.45) is 11.8 Å². The summed E-state index contributed by atoms with van der Waals surface area (Å²) in [6, 6.07) is 0.384. The second kappa shape index (κ2) is 18.8. The lowest BCUT2D eigenvalue weighted by Gasteiger charge is -2.41. The predicted octanol–water partition coefficient (Wildman–Crippen LogP) is 4.28. The fourth-order valence-corrected chi connectivity index (χ4v) is 7.86. The maximum Gasteiger partial charge on any atom is 0.410 e. The number of carbonyl (C=O) groups is 2. The molecule has 296 valence electrons. The number of rotatable bonds is 11. The monoisotopic (exact) mass is 734 g/mol. The number of hydrogen-bond acceptors (Lipinski definition) is 11. The summed E-state index contributed by atoms with van der Waals surface area (Å²) in [6.07, 6.45) is 9.91. The van der Waals surface area contributed by atoms with Crippen LogP contribution in [-0.2, 0) is 23.7 Å². The van der Waals surface area contributed by atoms with Crippen molar-refractivity contribution in [1.29, 1.82) is 0 Å². The molecule has 3 saturated heterocycles. The lowest BCUT2D eigenvalue weighted by Crippen LogP contribution is -2.51. The topological polar surface area (TPSA) is 162 Å². The summed E-state index contributed by atoms with van der Waals surface area (Å²) in [4.78, 5) is 30.8. The number of esters is 1. The van der Waals surface area contributed by atoms with Gasteiger partial charge in [0.2, 0.25) is 0 Å². The van der Waals surface area contributed by atoms with Crippen molar-refractivity contribution in [3.8, 4) is 0 Å². The van der Waals surface area contributed by atoms with Crippen LogP contribution in [0.5, 0.6) is 0 Å². The summed E-state index contributed by atoms with van der Waals surface area (Å²) in [7, 11) is 1.56. The molecule has 0 bridgehead atoms. The third-order valence-electron chi connectivity index (χ3n) is 11.8. The van der Waals surface area contributed by atoms with E-state index >= 15 is 0 Å². The van der Waals surface area contributed by atoms with E-state index in [1.54, 1.807) is 37.2 Å². The number of amides is 1. The minimum atomic E-state index is -1.15. The van der Waals surface area contributed by atoms with E-state index < -0.39 is 47.7 Å². The number of piperidine rings is 2. The van der Waals surface area contributed by atoms with Crippen LogP contribution in [0.1, 0.15) is 99.3 Å². The molecular weight excluding hydrogens is 668 g/mol.